The largest absolute Gasteiger partial charge is 0.378 e. The van der Waals surface area contributed by atoms with E-state index in [1.165, 1.54) is 17.4 Å². The lowest BCUT2D eigenvalue weighted by Gasteiger charge is -2.28. The lowest BCUT2D eigenvalue weighted by atomic mass is 10.1. The van der Waals surface area contributed by atoms with Gasteiger partial charge < -0.3 is 9.64 Å². The molecule has 8 nitrogen and oxygen atoms in total. The summed E-state index contributed by atoms with van der Waals surface area (Å²) in [4.78, 5) is 33.6. The van der Waals surface area contributed by atoms with Crippen molar-refractivity contribution in [2.75, 3.05) is 36.1 Å². The first-order valence-corrected chi connectivity index (χ1v) is 12.6. The molecule has 0 spiro atoms. The molecule has 0 unspecified atom stereocenters. The zero-order chi connectivity index (χ0) is 25.2. The van der Waals surface area contributed by atoms with Gasteiger partial charge in [-0.1, -0.05) is 53.3 Å². The molecule has 0 radical (unpaired) electrons. The van der Waals surface area contributed by atoms with Gasteiger partial charge in [0.2, 0.25) is 0 Å². The second-order valence-corrected chi connectivity index (χ2v) is 9.95. The molecule has 10 heteroatoms. The average molecular weight is 523 g/mol. The third-order valence-electron chi connectivity index (χ3n) is 6.07. The maximum atomic E-state index is 13.9. The number of fused-ring (bicyclic) bond motifs is 1. The normalized spacial score (nSPS) is 13.7. The molecule has 0 bridgehead atoms. The number of benzene rings is 3. The van der Waals surface area contributed by atoms with Crippen molar-refractivity contribution < 1.29 is 14.5 Å². The minimum Gasteiger partial charge on any atom is -0.378 e. The van der Waals surface area contributed by atoms with Crippen molar-refractivity contribution in [3.05, 3.63) is 92.5 Å². The molecule has 1 saturated heterocycles. The smallest absolute Gasteiger partial charge is 0.293 e. The number of rotatable bonds is 6. The van der Waals surface area contributed by atoms with Gasteiger partial charge in [0.25, 0.3) is 11.6 Å². The Labute approximate surface area is 216 Å². The van der Waals surface area contributed by atoms with Crippen LogP contribution in [0.15, 0.2) is 60.7 Å². The summed E-state index contributed by atoms with van der Waals surface area (Å²) in [7, 11) is 0. The summed E-state index contributed by atoms with van der Waals surface area (Å²) in [6, 6.07) is 17.9. The molecular weight excluding hydrogens is 500 g/mol. The van der Waals surface area contributed by atoms with Gasteiger partial charge in [-0.15, -0.1) is 0 Å². The number of ether oxygens (including phenoxy) is 1. The van der Waals surface area contributed by atoms with E-state index in [0.29, 0.717) is 42.1 Å². The molecule has 1 amide bonds. The SMILES string of the molecule is Cc1cc(Cl)cc2sc(N(Cc3ccccc3)C(=O)c3ccc(N4CCOCC4)c([N+](=O)[O-])c3)nc12. The van der Waals surface area contributed by atoms with Gasteiger partial charge in [0.1, 0.15) is 5.69 Å². The van der Waals surface area contributed by atoms with Gasteiger partial charge in [-0.2, -0.15) is 0 Å². The molecule has 184 valence electrons. The van der Waals surface area contributed by atoms with Gasteiger partial charge in [-0.05, 0) is 42.3 Å². The summed E-state index contributed by atoms with van der Waals surface area (Å²) in [5.74, 6) is -0.363. The van der Waals surface area contributed by atoms with Crippen molar-refractivity contribution in [2.45, 2.75) is 13.5 Å². The van der Waals surface area contributed by atoms with E-state index in [9.17, 15) is 14.9 Å². The van der Waals surface area contributed by atoms with Crippen molar-refractivity contribution in [1.82, 2.24) is 4.98 Å². The fourth-order valence-electron chi connectivity index (χ4n) is 4.28. The van der Waals surface area contributed by atoms with E-state index in [0.717, 1.165) is 21.3 Å². The van der Waals surface area contributed by atoms with E-state index >= 15 is 0 Å². The van der Waals surface area contributed by atoms with Gasteiger partial charge in [0, 0.05) is 29.7 Å². The number of nitrogens with zero attached hydrogens (tertiary/aromatic N) is 4. The quantitative estimate of drug-likeness (QED) is 0.233. The average Bonchev–Trinajstić information content (AvgIpc) is 3.32. The molecular formula is C26H23ClN4O4S. The van der Waals surface area contributed by atoms with Crippen LogP contribution in [0.5, 0.6) is 0 Å². The van der Waals surface area contributed by atoms with Crippen molar-refractivity contribution >= 4 is 55.6 Å². The summed E-state index contributed by atoms with van der Waals surface area (Å²) in [6.45, 7) is 4.32. The van der Waals surface area contributed by atoms with Crippen LogP contribution in [0, 0.1) is 17.0 Å². The van der Waals surface area contributed by atoms with Crippen LogP contribution in [-0.4, -0.2) is 42.1 Å². The second-order valence-electron chi connectivity index (χ2n) is 8.50. The number of nitro benzene ring substituents is 1. The zero-order valence-corrected chi connectivity index (χ0v) is 21.1. The fraction of sp³-hybridized carbons (Fsp3) is 0.231. The van der Waals surface area contributed by atoms with Crippen molar-refractivity contribution in [2.24, 2.45) is 0 Å². The topological polar surface area (TPSA) is 88.8 Å². The first-order valence-electron chi connectivity index (χ1n) is 11.4. The number of carbonyl (C=O) groups is 1. The van der Waals surface area contributed by atoms with Gasteiger partial charge in [-0.25, -0.2) is 4.98 Å². The van der Waals surface area contributed by atoms with Gasteiger partial charge in [-0.3, -0.25) is 19.8 Å². The highest BCUT2D eigenvalue weighted by atomic mass is 35.5. The third kappa shape index (κ3) is 4.90. The number of aryl methyl sites for hydroxylation is 1. The van der Waals surface area contributed by atoms with E-state index in [4.69, 9.17) is 21.3 Å². The highest BCUT2D eigenvalue weighted by Gasteiger charge is 2.27. The van der Waals surface area contributed by atoms with E-state index in [1.54, 1.807) is 17.0 Å². The van der Waals surface area contributed by atoms with E-state index < -0.39 is 4.92 Å². The van der Waals surface area contributed by atoms with Crippen molar-refractivity contribution in [1.29, 1.82) is 0 Å². The number of halogens is 1. The van der Waals surface area contributed by atoms with Crippen LogP contribution in [-0.2, 0) is 11.3 Å². The molecule has 1 fully saturated rings. The molecule has 2 heterocycles. The van der Waals surface area contributed by atoms with Crippen LogP contribution >= 0.6 is 22.9 Å². The van der Waals surface area contributed by atoms with Crippen LogP contribution < -0.4 is 9.80 Å². The number of thiazole rings is 1. The molecule has 4 aromatic rings. The number of hydrogen-bond acceptors (Lipinski definition) is 7. The molecule has 36 heavy (non-hydrogen) atoms. The lowest BCUT2D eigenvalue weighted by molar-refractivity contribution is -0.384. The monoisotopic (exact) mass is 522 g/mol. The minimum atomic E-state index is -0.438. The molecule has 0 aliphatic carbocycles. The summed E-state index contributed by atoms with van der Waals surface area (Å²) < 4.78 is 6.24. The number of hydrogen-bond donors (Lipinski definition) is 0. The summed E-state index contributed by atoms with van der Waals surface area (Å²) in [5, 5.41) is 13.1. The first kappa shape index (κ1) is 24.2. The molecule has 1 aromatic heterocycles. The van der Waals surface area contributed by atoms with Gasteiger partial charge in [0.05, 0.1) is 34.9 Å². The highest BCUT2D eigenvalue weighted by Crippen LogP contribution is 2.36. The minimum absolute atomic E-state index is 0.102. The Morgan fingerprint density at radius 2 is 1.92 bits per heavy atom. The van der Waals surface area contributed by atoms with Gasteiger partial charge >= 0.3 is 0 Å². The molecule has 0 saturated carbocycles. The Balaban J connectivity index is 1.56. The Morgan fingerprint density at radius 3 is 2.64 bits per heavy atom. The maximum absolute atomic E-state index is 13.9. The van der Waals surface area contributed by atoms with Crippen LogP contribution in [0.1, 0.15) is 21.5 Å². The van der Waals surface area contributed by atoms with E-state index in [2.05, 4.69) is 0 Å². The molecule has 5 rings (SSSR count). The second kappa shape index (κ2) is 10.2. The predicted octanol–water partition coefficient (Wildman–Crippen LogP) is 5.85. The molecule has 1 aliphatic heterocycles. The number of nitro groups is 1. The molecule has 0 atom stereocenters. The lowest BCUT2D eigenvalue weighted by Crippen LogP contribution is -2.36. The van der Waals surface area contributed by atoms with Crippen molar-refractivity contribution in [3.8, 4) is 0 Å². The molecule has 3 aromatic carbocycles. The Kier molecular flexibility index (Phi) is 6.86. The molecule has 0 N–H and O–H groups in total. The summed E-state index contributed by atoms with van der Waals surface area (Å²) in [5.41, 5.74) is 3.22. The number of amides is 1. The maximum Gasteiger partial charge on any atom is 0.293 e. The summed E-state index contributed by atoms with van der Waals surface area (Å²) >= 11 is 7.62. The Morgan fingerprint density at radius 1 is 1.17 bits per heavy atom. The molecule has 1 aliphatic rings. The number of anilines is 2. The van der Waals surface area contributed by atoms with Crippen molar-refractivity contribution in [3.63, 3.8) is 0 Å². The number of carbonyl (C=O) groups excluding carboxylic acids is 1. The standard InChI is InChI=1S/C26H23ClN4O4S/c1-17-13-20(27)15-23-24(17)28-26(36-23)30(16-18-5-3-2-4-6-18)25(32)19-7-8-21(22(14-19)31(33)34)29-9-11-35-12-10-29/h2-8,13-15H,9-12,16H2,1H3. The zero-order valence-electron chi connectivity index (χ0n) is 19.5. The highest BCUT2D eigenvalue weighted by molar-refractivity contribution is 7.22. The predicted molar refractivity (Wildman–Crippen MR) is 142 cm³/mol. The van der Waals surface area contributed by atoms with E-state index in [1.807, 2.05) is 54.3 Å². The Bertz CT molecular complexity index is 1440. The fourth-order valence-corrected chi connectivity index (χ4v) is 5.70. The van der Waals surface area contributed by atoms with E-state index in [-0.39, 0.29) is 23.7 Å². The van der Waals surface area contributed by atoms with Crippen LogP contribution in [0.2, 0.25) is 5.02 Å². The number of aromatic nitrogens is 1. The first-order chi connectivity index (χ1) is 17.4. The van der Waals surface area contributed by atoms with Crippen LogP contribution in [0.25, 0.3) is 10.2 Å². The number of morpholine rings is 1. The third-order valence-corrected chi connectivity index (χ3v) is 7.31. The Hall–Kier alpha value is -3.53. The van der Waals surface area contributed by atoms with Crippen LogP contribution in [0.4, 0.5) is 16.5 Å². The summed E-state index contributed by atoms with van der Waals surface area (Å²) in [6.07, 6.45) is 0. The van der Waals surface area contributed by atoms with Gasteiger partial charge in [0.15, 0.2) is 5.13 Å². The van der Waals surface area contributed by atoms with Crippen LogP contribution in [0.3, 0.4) is 0 Å².